The third-order valence-electron chi connectivity index (χ3n) is 5.44. The van der Waals surface area contributed by atoms with Crippen molar-refractivity contribution < 1.29 is 24.5 Å². The molecule has 0 saturated carbocycles. The van der Waals surface area contributed by atoms with Crippen LogP contribution in [-0.4, -0.2) is 29.0 Å². The minimum absolute atomic E-state index is 0.0642. The molecule has 1 aliphatic heterocycles. The molecule has 0 bridgehead atoms. The van der Waals surface area contributed by atoms with Crippen molar-refractivity contribution in [2.45, 2.75) is 13.0 Å². The van der Waals surface area contributed by atoms with E-state index in [0.717, 1.165) is 5.56 Å². The molecule has 4 rings (SSSR count). The Morgan fingerprint density at radius 2 is 1.75 bits per heavy atom. The number of rotatable bonds is 4. The lowest BCUT2D eigenvalue weighted by Crippen LogP contribution is -2.29. The number of anilines is 1. The molecule has 1 heterocycles. The van der Waals surface area contributed by atoms with E-state index in [2.05, 4.69) is 0 Å². The van der Waals surface area contributed by atoms with Gasteiger partial charge in [0, 0.05) is 16.3 Å². The highest BCUT2D eigenvalue weighted by Crippen LogP contribution is 2.44. The monoisotopic (exact) mass is 449 g/mol. The normalized spacial score (nSPS) is 17.6. The first-order chi connectivity index (χ1) is 15.3. The Labute approximate surface area is 189 Å². The van der Waals surface area contributed by atoms with Crippen molar-refractivity contribution in [3.05, 3.63) is 94.0 Å². The second-order valence-electron chi connectivity index (χ2n) is 7.40. The SMILES string of the molecule is COc1cc([C@@H]2C(=C(O)c3ccccc3)C(=O)C(=O)N2c2ccc(C)c(Cl)c2)ccc1O. The van der Waals surface area contributed by atoms with Gasteiger partial charge >= 0.3 is 0 Å². The molecule has 2 N–H and O–H groups in total. The zero-order valence-electron chi connectivity index (χ0n) is 17.4. The largest absolute Gasteiger partial charge is 0.507 e. The van der Waals surface area contributed by atoms with Gasteiger partial charge in [-0.3, -0.25) is 14.5 Å². The highest BCUT2D eigenvalue weighted by atomic mass is 35.5. The van der Waals surface area contributed by atoms with Crippen molar-refractivity contribution in [1.82, 2.24) is 0 Å². The van der Waals surface area contributed by atoms with Crippen molar-refractivity contribution in [1.29, 1.82) is 0 Å². The summed E-state index contributed by atoms with van der Waals surface area (Å²) >= 11 is 6.30. The predicted molar refractivity (Wildman–Crippen MR) is 122 cm³/mol. The summed E-state index contributed by atoms with van der Waals surface area (Å²) in [5, 5.41) is 21.5. The molecule has 1 atom stereocenters. The number of hydrogen-bond acceptors (Lipinski definition) is 5. The standard InChI is InChI=1S/C25H20ClNO5/c1-14-8-10-17(13-18(14)26)27-22(16-9-11-19(28)20(12-16)32-2)21(24(30)25(27)31)23(29)15-6-4-3-5-7-15/h3-13,22,28-29H,1-2H3/t22-/m1/s1. The first-order valence-corrected chi connectivity index (χ1v) is 10.2. The lowest BCUT2D eigenvalue weighted by atomic mass is 9.94. The molecule has 32 heavy (non-hydrogen) atoms. The van der Waals surface area contributed by atoms with E-state index in [1.165, 1.54) is 24.1 Å². The number of carbonyl (C=O) groups excluding carboxylic acids is 2. The Kier molecular flexibility index (Phi) is 5.63. The van der Waals surface area contributed by atoms with E-state index in [0.29, 0.717) is 21.8 Å². The summed E-state index contributed by atoms with van der Waals surface area (Å²) in [6.07, 6.45) is 0. The number of ketones is 1. The second kappa shape index (κ2) is 8.40. The van der Waals surface area contributed by atoms with Crippen LogP contribution in [0.25, 0.3) is 5.76 Å². The molecule has 6 nitrogen and oxygen atoms in total. The molecule has 7 heteroatoms. The fraction of sp³-hybridized carbons (Fsp3) is 0.120. The van der Waals surface area contributed by atoms with Crippen LogP contribution in [0.4, 0.5) is 5.69 Å². The summed E-state index contributed by atoms with van der Waals surface area (Å²) in [6.45, 7) is 1.83. The van der Waals surface area contributed by atoms with Crippen LogP contribution in [0.3, 0.4) is 0 Å². The van der Waals surface area contributed by atoms with E-state index in [1.54, 1.807) is 54.6 Å². The number of Topliss-reactive ketones (excluding diaryl/α,β-unsaturated/α-hetero) is 1. The maximum absolute atomic E-state index is 13.2. The van der Waals surface area contributed by atoms with Crippen LogP contribution in [0, 0.1) is 6.92 Å². The molecule has 3 aromatic rings. The van der Waals surface area contributed by atoms with Gasteiger partial charge in [-0.25, -0.2) is 0 Å². The molecule has 1 fully saturated rings. The Morgan fingerprint density at radius 1 is 1.03 bits per heavy atom. The molecule has 0 unspecified atom stereocenters. The number of halogens is 1. The number of benzene rings is 3. The Balaban J connectivity index is 1.98. The van der Waals surface area contributed by atoms with Crippen molar-refractivity contribution >= 4 is 34.7 Å². The van der Waals surface area contributed by atoms with E-state index in [9.17, 15) is 19.8 Å². The number of ether oxygens (including phenoxy) is 1. The van der Waals surface area contributed by atoms with Crippen molar-refractivity contribution in [3.8, 4) is 11.5 Å². The van der Waals surface area contributed by atoms with Gasteiger partial charge < -0.3 is 14.9 Å². The van der Waals surface area contributed by atoms with Crippen LogP contribution in [-0.2, 0) is 9.59 Å². The summed E-state index contributed by atoms with van der Waals surface area (Å²) in [6, 6.07) is 17.2. The molecule has 0 aromatic heterocycles. The number of aryl methyl sites for hydroxylation is 1. The Hall–Kier alpha value is -3.77. The summed E-state index contributed by atoms with van der Waals surface area (Å²) in [5.41, 5.74) is 2.05. The van der Waals surface area contributed by atoms with E-state index < -0.39 is 17.7 Å². The predicted octanol–water partition coefficient (Wildman–Crippen LogP) is 4.99. The smallest absolute Gasteiger partial charge is 0.300 e. The number of methoxy groups -OCH3 is 1. The highest BCUT2D eigenvalue weighted by Gasteiger charge is 2.47. The topological polar surface area (TPSA) is 87.1 Å². The first kappa shape index (κ1) is 21.5. The van der Waals surface area contributed by atoms with Gasteiger partial charge in [0.15, 0.2) is 11.5 Å². The summed E-state index contributed by atoms with van der Waals surface area (Å²) in [7, 11) is 1.40. The van der Waals surface area contributed by atoms with Gasteiger partial charge in [-0.15, -0.1) is 0 Å². The molecular weight excluding hydrogens is 430 g/mol. The molecule has 0 aliphatic carbocycles. The molecule has 1 aliphatic rings. The molecule has 1 saturated heterocycles. The van der Waals surface area contributed by atoms with E-state index in [1.807, 2.05) is 6.92 Å². The molecule has 3 aromatic carbocycles. The van der Waals surface area contributed by atoms with Crippen LogP contribution in [0.1, 0.15) is 22.7 Å². The number of aromatic hydroxyl groups is 1. The minimum atomic E-state index is -0.955. The van der Waals surface area contributed by atoms with E-state index in [-0.39, 0.29) is 22.8 Å². The number of phenols is 1. The average Bonchev–Trinajstić information content (AvgIpc) is 3.06. The fourth-order valence-electron chi connectivity index (χ4n) is 3.76. The van der Waals surface area contributed by atoms with E-state index in [4.69, 9.17) is 16.3 Å². The third-order valence-corrected chi connectivity index (χ3v) is 5.85. The third kappa shape index (κ3) is 3.59. The summed E-state index contributed by atoms with van der Waals surface area (Å²) in [4.78, 5) is 27.6. The van der Waals surface area contributed by atoms with Crippen LogP contribution < -0.4 is 9.64 Å². The number of aliphatic hydroxyl groups excluding tert-OH is 1. The number of phenolic OH excluding ortho intramolecular Hbond substituents is 1. The average molecular weight is 450 g/mol. The molecule has 162 valence electrons. The maximum Gasteiger partial charge on any atom is 0.300 e. The van der Waals surface area contributed by atoms with Crippen molar-refractivity contribution in [2.75, 3.05) is 12.0 Å². The number of nitrogens with zero attached hydrogens (tertiary/aromatic N) is 1. The van der Waals surface area contributed by atoms with Gasteiger partial charge in [-0.05, 0) is 42.3 Å². The molecule has 0 spiro atoms. The van der Waals surface area contributed by atoms with Gasteiger partial charge in [0.2, 0.25) is 0 Å². The molecule has 1 amide bonds. The number of aliphatic hydroxyl groups is 1. The Bertz CT molecular complexity index is 1250. The van der Waals surface area contributed by atoms with Gasteiger partial charge in [0.1, 0.15) is 5.76 Å². The molecule has 0 radical (unpaired) electrons. The van der Waals surface area contributed by atoms with Crippen LogP contribution in [0.2, 0.25) is 5.02 Å². The van der Waals surface area contributed by atoms with E-state index >= 15 is 0 Å². The lowest BCUT2D eigenvalue weighted by Gasteiger charge is -2.26. The van der Waals surface area contributed by atoms with Crippen LogP contribution >= 0.6 is 11.6 Å². The highest BCUT2D eigenvalue weighted by molar-refractivity contribution is 6.51. The zero-order valence-corrected chi connectivity index (χ0v) is 18.1. The summed E-state index contributed by atoms with van der Waals surface area (Å²) < 4.78 is 5.22. The van der Waals surface area contributed by atoms with Gasteiger partial charge in [0.05, 0.1) is 18.7 Å². The fourth-order valence-corrected chi connectivity index (χ4v) is 3.94. The van der Waals surface area contributed by atoms with Crippen LogP contribution in [0.5, 0.6) is 11.5 Å². The van der Waals surface area contributed by atoms with Gasteiger partial charge in [-0.2, -0.15) is 0 Å². The van der Waals surface area contributed by atoms with Gasteiger partial charge in [-0.1, -0.05) is 54.1 Å². The van der Waals surface area contributed by atoms with Gasteiger partial charge in [0.25, 0.3) is 11.7 Å². The van der Waals surface area contributed by atoms with Crippen LogP contribution in [0.15, 0.2) is 72.3 Å². The van der Waals surface area contributed by atoms with Crippen molar-refractivity contribution in [3.63, 3.8) is 0 Å². The lowest BCUT2D eigenvalue weighted by molar-refractivity contribution is -0.132. The Morgan fingerprint density at radius 3 is 2.41 bits per heavy atom. The zero-order chi connectivity index (χ0) is 23.0. The van der Waals surface area contributed by atoms with Crippen molar-refractivity contribution in [2.24, 2.45) is 0 Å². The number of amides is 1. The minimum Gasteiger partial charge on any atom is -0.507 e. The molecular formula is C25H20ClNO5. The quantitative estimate of drug-likeness (QED) is 0.333. The first-order valence-electron chi connectivity index (χ1n) is 9.83. The number of carbonyl (C=O) groups is 2. The summed E-state index contributed by atoms with van der Waals surface area (Å²) in [5.74, 6) is -1.81. The number of hydrogen-bond donors (Lipinski definition) is 2. The maximum atomic E-state index is 13.2. The second-order valence-corrected chi connectivity index (χ2v) is 7.81.